The van der Waals surface area contributed by atoms with Gasteiger partial charge in [0.25, 0.3) is 5.95 Å². The first-order valence-corrected chi connectivity index (χ1v) is 7.23. The average molecular weight is 294 g/mol. The van der Waals surface area contributed by atoms with E-state index in [1.54, 1.807) is 18.5 Å². The fourth-order valence-electron chi connectivity index (χ4n) is 2.42. The van der Waals surface area contributed by atoms with Gasteiger partial charge in [-0.25, -0.2) is 4.68 Å². The summed E-state index contributed by atoms with van der Waals surface area (Å²) in [6.45, 7) is 0.638. The zero-order chi connectivity index (χ0) is 13.8. The van der Waals surface area contributed by atoms with Crippen LogP contribution < -0.4 is 4.74 Å². The van der Waals surface area contributed by atoms with Gasteiger partial charge in [-0.1, -0.05) is 19.3 Å². The highest BCUT2D eigenvalue weighted by molar-refractivity contribution is 6.28. The largest absolute Gasteiger partial charge is 0.463 e. The highest BCUT2D eigenvalue weighted by Crippen LogP contribution is 2.24. The summed E-state index contributed by atoms with van der Waals surface area (Å²) in [5, 5.41) is 4.18. The van der Waals surface area contributed by atoms with Crippen molar-refractivity contribution in [2.75, 3.05) is 6.61 Å². The van der Waals surface area contributed by atoms with E-state index >= 15 is 0 Å². The van der Waals surface area contributed by atoms with Crippen LogP contribution in [0.1, 0.15) is 32.1 Å². The normalized spacial score (nSPS) is 16.2. The van der Waals surface area contributed by atoms with E-state index in [2.05, 4.69) is 20.1 Å². The summed E-state index contributed by atoms with van der Waals surface area (Å²) in [5.74, 6) is 0.959. The molecule has 7 heteroatoms. The molecule has 0 N–H and O–H groups in total. The summed E-state index contributed by atoms with van der Waals surface area (Å²) >= 11 is 5.91. The fourth-order valence-corrected chi connectivity index (χ4v) is 2.57. The molecule has 2 aromatic heterocycles. The molecule has 106 valence electrons. The van der Waals surface area contributed by atoms with Gasteiger partial charge >= 0.3 is 6.01 Å². The second kappa shape index (κ2) is 6.17. The van der Waals surface area contributed by atoms with Crippen LogP contribution in [0.25, 0.3) is 5.95 Å². The molecule has 2 heterocycles. The zero-order valence-electron chi connectivity index (χ0n) is 11.1. The van der Waals surface area contributed by atoms with E-state index in [-0.39, 0.29) is 11.3 Å². The lowest BCUT2D eigenvalue weighted by Gasteiger charge is -2.20. The van der Waals surface area contributed by atoms with Crippen molar-refractivity contribution in [1.29, 1.82) is 0 Å². The number of hydrogen-bond donors (Lipinski definition) is 0. The molecule has 1 saturated carbocycles. The molecule has 2 aromatic rings. The fraction of sp³-hybridized carbons (Fsp3) is 0.538. The molecule has 1 aliphatic carbocycles. The number of halogens is 1. The van der Waals surface area contributed by atoms with Crippen molar-refractivity contribution in [3.8, 4) is 12.0 Å². The number of ether oxygens (including phenoxy) is 1. The third-order valence-corrected chi connectivity index (χ3v) is 3.63. The Morgan fingerprint density at radius 3 is 2.80 bits per heavy atom. The average Bonchev–Trinajstić information content (AvgIpc) is 3.00. The molecule has 0 atom stereocenters. The molecule has 0 radical (unpaired) electrons. The van der Waals surface area contributed by atoms with Gasteiger partial charge in [-0.05, 0) is 36.4 Å². The minimum atomic E-state index is 0.115. The monoisotopic (exact) mass is 293 g/mol. The molecule has 0 bridgehead atoms. The van der Waals surface area contributed by atoms with Crippen LogP contribution >= 0.6 is 11.6 Å². The van der Waals surface area contributed by atoms with Gasteiger partial charge in [0.2, 0.25) is 5.28 Å². The molecule has 0 spiro atoms. The van der Waals surface area contributed by atoms with Gasteiger partial charge in [0.15, 0.2) is 0 Å². The van der Waals surface area contributed by atoms with E-state index in [0.717, 1.165) is 0 Å². The zero-order valence-corrected chi connectivity index (χ0v) is 11.8. The van der Waals surface area contributed by atoms with Gasteiger partial charge in [0.05, 0.1) is 6.61 Å². The van der Waals surface area contributed by atoms with Crippen LogP contribution in [0, 0.1) is 5.92 Å². The molecular weight excluding hydrogens is 278 g/mol. The van der Waals surface area contributed by atoms with Crippen LogP contribution in [0.15, 0.2) is 18.5 Å². The first-order chi connectivity index (χ1) is 9.81. The summed E-state index contributed by atoms with van der Waals surface area (Å²) in [6.07, 6.45) is 9.72. The Morgan fingerprint density at radius 1 is 1.20 bits per heavy atom. The van der Waals surface area contributed by atoms with Crippen molar-refractivity contribution < 1.29 is 4.74 Å². The van der Waals surface area contributed by atoms with Gasteiger partial charge in [0, 0.05) is 12.4 Å². The molecule has 0 saturated heterocycles. The Bertz CT molecular complexity index is 554. The predicted molar refractivity (Wildman–Crippen MR) is 74.0 cm³/mol. The van der Waals surface area contributed by atoms with E-state index in [4.69, 9.17) is 16.3 Å². The van der Waals surface area contributed by atoms with E-state index in [9.17, 15) is 0 Å². The van der Waals surface area contributed by atoms with Crippen LogP contribution in [-0.4, -0.2) is 31.3 Å². The van der Waals surface area contributed by atoms with E-state index in [0.29, 0.717) is 18.5 Å². The van der Waals surface area contributed by atoms with Crippen LogP contribution in [0.4, 0.5) is 0 Å². The molecule has 1 fully saturated rings. The van der Waals surface area contributed by atoms with Crippen LogP contribution in [0.3, 0.4) is 0 Å². The summed E-state index contributed by atoms with van der Waals surface area (Å²) in [6, 6.07) is 2.06. The molecule has 6 nitrogen and oxygen atoms in total. The second-order valence-corrected chi connectivity index (χ2v) is 5.29. The number of nitrogens with zero attached hydrogens (tertiary/aromatic N) is 5. The molecule has 20 heavy (non-hydrogen) atoms. The molecule has 0 amide bonds. The van der Waals surface area contributed by atoms with Crippen LogP contribution in [0.2, 0.25) is 5.28 Å². The minimum absolute atomic E-state index is 0.115. The number of hydrogen-bond acceptors (Lipinski definition) is 5. The van der Waals surface area contributed by atoms with Gasteiger partial charge in [-0.2, -0.15) is 20.1 Å². The van der Waals surface area contributed by atoms with Crippen LogP contribution in [0.5, 0.6) is 6.01 Å². The Morgan fingerprint density at radius 2 is 2.05 bits per heavy atom. The summed E-state index contributed by atoms with van der Waals surface area (Å²) in [5.41, 5.74) is 0. The van der Waals surface area contributed by atoms with Gasteiger partial charge in [-0.15, -0.1) is 0 Å². The smallest absolute Gasteiger partial charge is 0.322 e. The first kappa shape index (κ1) is 13.3. The van der Waals surface area contributed by atoms with Gasteiger partial charge < -0.3 is 4.74 Å². The summed E-state index contributed by atoms with van der Waals surface area (Å²) in [4.78, 5) is 12.3. The summed E-state index contributed by atoms with van der Waals surface area (Å²) in [7, 11) is 0. The van der Waals surface area contributed by atoms with Crippen molar-refractivity contribution in [3.05, 3.63) is 23.7 Å². The first-order valence-electron chi connectivity index (χ1n) is 6.85. The van der Waals surface area contributed by atoms with Crippen molar-refractivity contribution in [2.45, 2.75) is 32.1 Å². The van der Waals surface area contributed by atoms with Gasteiger partial charge in [0.1, 0.15) is 0 Å². The van der Waals surface area contributed by atoms with E-state index in [1.807, 2.05) is 0 Å². The maximum Gasteiger partial charge on any atom is 0.322 e. The quantitative estimate of drug-likeness (QED) is 0.867. The van der Waals surface area contributed by atoms with E-state index < -0.39 is 0 Å². The number of rotatable bonds is 4. The molecule has 1 aliphatic rings. The molecule has 3 rings (SSSR count). The lowest BCUT2D eigenvalue weighted by atomic mass is 9.90. The second-order valence-electron chi connectivity index (χ2n) is 4.95. The maximum atomic E-state index is 5.91. The molecule has 0 unspecified atom stereocenters. The Labute approximate surface area is 122 Å². The van der Waals surface area contributed by atoms with E-state index in [1.165, 1.54) is 36.8 Å². The van der Waals surface area contributed by atoms with Crippen molar-refractivity contribution in [1.82, 2.24) is 24.7 Å². The lowest BCUT2D eigenvalue weighted by molar-refractivity contribution is 0.195. The highest BCUT2D eigenvalue weighted by atomic mass is 35.5. The minimum Gasteiger partial charge on any atom is -0.463 e. The lowest BCUT2D eigenvalue weighted by Crippen LogP contribution is -2.17. The highest BCUT2D eigenvalue weighted by Gasteiger charge is 2.15. The summed E-state index contributed by atoms with van der Waals surface area (Å²) < 4.78 is 7.21. The molecular formula is C13H16ClN5O. The predicted octanol–water partition coefficient (Wildman–Crippen LogP) is 2.67. The standard InChI is InChI=1S/C13H16ClN5O/c14-11-16-12(19-8-4-7-15-19)18-13(17-11)20-9-10-5-2-1-3-6-10/h4,7-8,10H,1-3,5-6,9H2. The third-order valence-electron chi connectivity index (χ3n) is 3.46. The van der Waals surface area contributed by atoms with Crippen molar-refractivity contribution in [2.24, 2.45) is 5.92 Å². The molecule has 0 aromatic carbocycles. The van der Waals surface area contributed by atoms with Crippen molar-refractivity contribution in [3.63, 3.8) is 0 Å². The van der Waals surface area contributed by atoms with Crippen LogP contribution in [-0.2, 0) is 0 Å². The number of aromatic nitrogens is 5. The third kappa shape index (κ3) is 3.25. The Balaban J connectivity index is 1.69. The SMILES string of the molecule is Clc1nc(OCC2CCCCC2)nc(-n2cccn2)n1. The molecule has 0 aliphatic heterocycles. The maximum absolute atomic E-state index is 5.91. The topological polar surface area (TPSA) is 65.7 Å². The van der Waals surface area contributed by atoms with Crippen molar-refractivity contribution >= 4 is 11.6 Å². The van der Waals surface area contributed by atoms with Gasteiger partial charge in [-0.3, -0.25) is 0 Å². The Kier molecular flexibility index (Phi) is 4.11. The Hall–Kier alpha value is -1.69.